The SMILES string of the molecule is C[C@H]1C2CCC(CC2)N1C1CC1. The molecule has 4 fully saturated rings. The van der Waals surface area contributed by atoms with Crippen LogP contribution in [0, 0.1) is 5.92 Å². The Balaban J connectivity index is 1.82. The molecule has 12 heavy (non-hydrogen) atoms. The molecule has 2 aliphatic carbocycles. The fraction of sp³-hybridized carbons (Fsp3) is 1.00. The van der Waals surface area contributed by atoms with Crippen LogP contribution >= 0.6 is 0 Å². The van der Waals surface area contributed by atoms with Crippen molar-refractivity contribution < 1.29 is 0 Å². The van der Waals surface area contributed by atoms with Gasteiger partial charge in [0.25, 0.3) is 0 Å². The van der Waals surface area contributed by atoms with Gasteiger partial charge in [-0.15, -0.1) is 0 Å². The average Bonchev–Trinajstić information content (AvgIpc) is 2.90. The maximum absolute atomic E-state index is 2.86. The molecule has 1 atom stereocenters. The first-order valence-corrected chi connectivity index (χ1v) is 5.63. The molecule has 0 aromatic heterocycles. The Bertz CT molecular complexity index is 175. The maximum atomic E-state index is 2.86. The van der Waals surface area contributed by atoms with E-state index in [1.165, 1.54) is 38.5 Å². The Kier molecular flexibility index (Phi) is 1.52. The van der Waals surface area contributed by atoms with Crippen molar-refractivity contribution >= 4 is 0 Å². The van der Waals surface area contributed by atoms with E-state index in [-0.39, 0.29) is 0 Å². The summed E-state index contributed by atoms with van der Waals surface area (Å²) in [5.74, 6) is 1.05. The predicted molar refractivity (Wildman–Crippen MR) is 50.1 cm³/mol. The van der Waals surface area contributed by atoms with Crippen LogP contribution in [-0.4, -0.2) is 23.0 Å². The molecular weight excluding hydrogens is 146 g/mol. The molecule has 4 aliphatic rings. The summed E-state index contributed by atoms with van der Waals surface area (Å²) in [7, 11) is 0. The first-order chi connectivity index (χ1) is 5.86. The van der Waals surface area contributed by atoms with E-state index in [0.717, 1.165) is 24.0 Å². The molecule has 1 nitrogen and oxygen atoms in total. The van der Waals surface area contributed by atoms with Gasteiger partial charge in [-0.25, -0.2) is 0 Å². The predicted octanol–water partition coefficient (Wildman–Crippen LogP) is 2.41. The zero-order valence-corrected chi connectivity index (χ0v) is 8.00. The monoisotopic (exact) mass is 165 g/mol. The summed E-state index contributed by atoms with van der Waals surface area (Å²) in [4.78, 5) is 2.86. The molecule has 2 aliphatic heterocycles. The molecule has 2 heterocycles. The van der Waals surface area contributed by atoms with Crippen LogP contribution in [0.5, 0.6) is 0 Å². The van der Waals surface area contributed by atoms with Crippen molar-refractivity contribution in [1.82, 2.24) is 4.90 Å². The van der Waals surface area contributed by atoms with Crippen molar-refractivity contribution in [3.8, 4) is 0 Å². The smallest absolute Gasteiger partial charge is 0.0102 e. The molecule has 0 aromatic rings. The Morgan fingerprint density at radius 3 is 1.83 bits per heavy atom. The summed E-state index contributed by atoms with van der Waals surface area (Å²) in [6.07, 6.45) is 9.04. The molecule has 0 unspecified atom stereocenters. The number of nitrogens with zero attached hydrogens (tertiary/aromatic N) is 1. The van der Waals surface area contributed by atoms with E-state index in [1.807, 2.05) is 0 Å². The molecule has 2 saturated heterocycles. The van der Waals surface area contributed by atoms with E-state index < -0.39 is 0 Å². The second kappa shape index (κ2) is 2.47. The van der Waals surface area contributed by atoms with Crippen LogP contribution in [0.25, 0.3) is 0 Å². The highest BCUT2D eigenvalue weighted by Crippen LogP contribution is 2.44. The number of rotatable bonds is 1. The summed E-state index contributed by atoms with van der Waals surface area (Å²) in [5, 5.41) is 0. The van der Waals surface area contributed by atoms with Crippen molar-refractivity contribution in [2.45, 2.75) is 63.6 Å². The second-order valence-corrected chi connectivity index (χ2v) is 4.99. The lowest BCUT2D eigenvalue weighted by molar-refractivity contribution is -0.00960. The third kappa shape index (κ3) is 0.953. The van der Waals surface area contributed by atoms with Gasteiger partial charge < -0.3 is 0 Å². The summed E-state index contributed by atoms with van der Waals surface area (Å²) < 4.78 is 0. The molecule has 0 aromatic carbocycles. The quantitative estimate of drug-likeness (QED) is 0.576. The van der Waals surface area contributed by atoms with Gasteiger partial charge in [0.15, 0.2) is 0 Å². The Morgan fingerprint density at radius 1 is 0.833 bits per heavy atom. The molecule has 0 N–H and O–H groups in total. The topological polar surface area (TPSA) is 3.24 Å². The van der Waals surface area contributed by atoms with Gasteiger partial charge in [0.05, 0.1) is 0 Å². The summed E-state index contributed by atoms with van der Waals surface area (Å²) >= 11 is 0. The lowest BCUT2D eigenvalue weighted by atomic mass is 9.75. The van der Waals surface area contributed by atoms with Crippen molar-refractivity contribution in [2.75, 3.05) is 0 Å². The molecule has 4 rings (SSSR count). The average molecular weight is 165 g/mol. The van der Waals surface area contributed by atoms with Gasteiger partial charge in [-0.1, -0.05) is 0 Å². The normalized spacial score (nSPS) is 48.2. The van der Waals surface area contributed by atoms with E-state index in [1.54, 1.807) is 0 Å². The minimum absolute atomic E-state index is 0.921. The van der Waals surface area contributed by atoms with Gasteiger partial charge in [-0.2, -0.15) is 0 Å². The van der Waals surface area contributed by atoms with E-state index in [0.29, 0.717) is 0 Å². The molecule has 0 spiro atoms. The number of fused-ring (bicyclic) bond motifs is 3. The largest absolute Gasteiger partial charge is 0.294 e. The van der Waals surface area contributed by atoms with Crippen LogP contribution < -0.4 is 0 Å². The van der Waals surface area contributed by atoms with Crippen molar-refractivity contribution in [3.05, 3.63) is 0 Å². The van der Waals surface area contributed by atoms with Crippen LogP contribution in [0.4, 0.5) is 0 Å². The third-order valence-electron chi connectivity index (χ3n) is 4.28. The van der Waals surface area contributed by atoms with Crippen LogP contribution in [0.1, 0.15) is 45.4 Å². The number of hydrogen-bond acceptors (Lipinski definition) is 1. The van der Waals surface area contributed by atoms with Crippen molar-refractivity contribution in [3.63, 3.8) is 0 Å². The maximum Gasteiger partial charge on any atom is 0.0102 e. The molecule has 2 bridgehead atoms. The van der Waals surface area contributed by atoms with E-state index in [2.05, 4.69) is 11.8 Å². The van der Waals surface area contributed by atoms with E-state index in [9.17, 15) is 0 Å². The summed E-state index contributed by atoms with van der Waals surface area (Å²) in [6, 6.07) is 2.91. The Labute approximate surface area is 75.1 Å². The van der Waals surface area contributed by atoms with Gasteiger partial charge in [0.2, 0.25) is 0 Å². The van der Waals surface area contributed by atoms with Crippen LogP contribution in [0.2, 0.25) is 0 Å². The first-order valence-electron chi connectivity index (χ1n) is 5.63. The minimum atomic E-state index is 0.921. The molecule has 0 amide bonds. The lowest BCUT2D eigenvalue weighted by Gasteiger charge is -2.50. The zero-order chi connectivity index (χ0) is 8.13. The third-order valence-corrected chi connectivity index (χ3v) is 4.28. The highest BCUT2D eigenvalue weighted by atomic mass is 15.3. The number of hydrogen-bond donors (Lipinski definition) is 0. The fourth-order valence-corrected chi connectivity index (χ4v) is 3.46. The van der Waals surface area contributed by atoms with Crippen molar-refractivity contribution in [1.29, 1.82) is 0 Å². The lowest BCUT2D eigenvalue weighted by Crippen LogP contribution is -2.54. The zero-order valence-electron chi connectivity index (χ0n) is 8.00. The summed E-state index contributed by atoms with van der Waals surface area (Å²) in [5.41, 5.74) is 0. The van der Waals surface area contributed by atoms with Gasteiger partial charge in [0, 0.05) is 18.1 Å². The van der Waals surface area contributed by atoms with Crippen LogP contribution in [0.3, 0.4) is 0 Å². The molecule has 2 saturated carbocycles. The molecule has 1 heteroatoms. The van der Waals surface area contributed by atoms with Gasteiger partial charge >= 0.3 is 0 Å². The molecular formula is C11H19N. The minimum Gasteiger partial charge on any atom is -0.294 e. The molecule has 0 radical (unpaired) electrons. The van der Waals surface area contributed by atoms with Gasteiger partial charge in [0.1, 0.15) is 0 Å². The van der Waals surface area contributed by atoms with Crippen LogP contribution in [0.15, 0.2) is 0 Å². The highest BCUT2D eigenvalue weighted by molar-refractivity contribution is 5.00. The van der Waals surface area contributed by atoms with Gasteiger partial charge in [-0.05, 0) is 51.4 Å². The van der Waals surface area contributed by atoms with Crippen molar-refractivity contribution in [2.24, 2.45) is 5.92 Å². The first kappa shape index (κ1) is 7.37. The number of piperidine rings is 2. The van der Waals surface area contributed by atoms with E-state index >= 15 is 0 Å². The summed E-state index contributed by atoms with van der Waals surface area (Å²) in [6.45, 7) is 2.47. The highest BCUT2D eigenvalue weighted by Gasteiger charge is 2.45. The van der Waals surface area contributed by atoms with Gasteiger partial charge in [-0.3, -0.25) is 4.90 Å². The fourth-order valence-electron chi connectivity index (χ4n) is 3.46. The van der Waals surface area contributed by atoms with Crippen LogP contribution in [-0.2, 0) is 0 Å². The molecule has 68 valence electrons. The Hall–Kier alpha value is -0.0400. The Morgan fingerprint density at radius 2 is 1.33 bits per heavy atom. The van der Waals surface area contributed by atoms with E-state index in [4.69, 9.17) is 0 Å². The second-order valence-electron chi connectivity index (χ2n) is 4.99. The standard InChI is InChI=1S/C11H19N/c1-8-9-2-4-10(5-3-9)12(8)11-6-7-11/h8-11H,2-7H2,1H3/t8-,9?,10?/m0/s1.